The minimum atomic E-state index is 0.473. The molecule has 0 aromatic carbocycles. The molecule has 1 heterocycles. The predicted molar refractivity (Wildman–Crippen MR) is 71.8 cm³/mol. The highest BCUT2D eigenvalue weighted by Crippen LogP contribution is 2.22. The Kier molecular flexibility index (Phi) is 6.37. The number of hydrogen-bond donors (Lipinski definition) is 2. The lowest BCUT2D eigenvalue weighted by Crippen LogP contribution is -2.33. The molecule has 0 aliphatic carbocycles. The summed E-state index contributed by atoms with van der Waals surface area (Å²) in [5.74, 6) is 0.867. The van der Waals surface area contributed by atoms with Crippen LogP contribution in [0.5, 0.6) is 0 Å². The van der Waals surface area contributed by atoms with E-state index in [4.69, 9.17) is 0 Å². The third kappa shape index (κ3) is 5.86. The standard InChI is InChI=1S/C14H30N2/c1-4-5-6-8-14(2,3)12-16-11-13-7-9-15-10-13/h13,15-16H,4-12H2,1-3H3. The van der Waals surface area contributed by atoms with Gasteiger partial charge in [-0.25, -0.2) is 0 Å². The zero-order valence-corrected chi connectivity index (χ0v) is 11.4. The summed E-state index contributed by atoms with van der Waals surface area (Å²) in [6.45, 7) is 11.9. The van der Waals surface area contributed by atoms with Crippen molar-refractivity contribution in [2.75, 3.05) is 26.2 Å². The monoisotopic (exact) mass is 226 g/mol. The van der Waals surface area contributed by atoms with Crippen LogP contribution >= 0.6 is 0 Å². The van der Waals surface area contributed by atoms with Crippen LogP contribution in [0, 0.1) is 11.3 Å². The van der Waals surface area contributed by atoms with Crippen LogP contribution < -0.4 is 10.6 Å². The summed E-state index contributed by atoms with van der Waals surface area (Å²) in [6, 6.07) is 0. The summed E-state index contributed by atoms with van der Waals surface area (Å²) >= 11 is 0. The highest BCUT2D eigenvalue weighted by Gasteiger charge is 2.19. The Balaban J connectivity index is 2.04. The van der Waals surface area contributed by atoms with Crippen molar-refractivity contribution in [1.29, 1.82) is 0 Å². The quantitative estimate of drug-likeness (QED) is 0.622. The van der Waals surface area contributed by atoms with Gasteiger partial charge in [-0.05, 0) is 43.8 Å². The van der Waals surface area contributed by atoms with E-state index in [1.807, 2.05) is 0 Å². The molecule has 96 valence electrons. The lowest BCUT2D eigenvalue weighted by molar-refractivity contribution is 0.295. The van der Waals surface area contributed by atoms with Crippen LogP contribution in [0.15, 0.2) is 0 Å². The molecule has 2 nitrogen and oxygen atoms in total. The van der Waals surface area contributed by atoms with E-state index in [0.717, 1.165) is 5.92 Å². The van der Waals surface area contributed by atoms with E-state index in [0.29, 0.717) is 5.41 Å². The zero-order valence-electron chi connectivity index (χ0n) is 11.4. The Hall–Kier alpha value is -0.0800. The van der Waals surface area contributed by atoms with Crippen molar-refractivity contribution in [2.45, 2.75) is 52.9 Å². The number of nitrogens with one attached hydrogen (secondary N) is 2. The van der Waals surface area contributed by atoms with Gasteiger partial charge in [-0.1, -0.05) is 40.0 Å². The van der Waals surface area contributed by atoms with E-state index < -0.39 is 0 Å². The van der Waals surface area contributed by atoms with Crippen molar-refractivity contribution in [2.24, 2.45) is 11.3 Å². The van der Waals surface area contributed by atoms with Crippen LogP contribution in [0.2, 0.25) is 0 Å². The summed E-state index contributed by atoms with van der Waals surface area (Å²) in [7, 11) is 0. The number of unbranched alkanes of at least 4 members (excludes halogenated alkanes) is 2. The van der Waals surface area contributed by atoms with E-state index in [1.54, 1.807) is 0 Å². The van der Waals surface area contributed by atoms with Gasteiger partial charge in [0.2, 0.25) is 0 Å². The summed E-state index contributed by atoms with van der Waals surface area (Å²) in [6.07, 6.45) is 6.81. The van der Waals surface area contributed by atoms with Crippen molar-refractivity contribution in [1.82, 2.24) is 10.6 Å². The van der Waals surface area contributed by atoms with Crippen LogP contribution in [-0.2, 0) is 0 Å². The number of rotatable bonds is 8. The van der Waals surface area contributed by atoms with Gasteiger partial charge in [0.05, 0.1) is 0 Å². The second-order valence-corrected chi connectivity index (χ2v) is 6.11. The van der Waals surface area contributed by atoms with Gasteiger partial charge in [0.15, 0.2) is 0 Å². The van der Waals surface area contributed by atoms with Crippen LogP contribution in [0.25, 0.3) is 0 Å². The predicted octanol–water partition coefficient (Wildman–Crippen LogP) is 2.79. The molecule has 0 saturated carbocycles. The molecule has 1 rings (SSSR count). The lowest BCUT2D eigenvalue weighted by Gasteiger charge is -2.26. The fraction of sp³-hybridized carbons (Fsp3) is 1.00. The second-order valence-electron chi connectivity index (χ2n) is 6.11. The fourth-order valence-corrected chi connectivity index (χ4v) is 2.45. The minimum Gasteiger partial charge on any atom is -0.316 e. The van der Waals surface area contributed by atoms with Crippen LogP contribution in [0.3, 0.4) is 0 Å². The van der Waals surface area contributed by atoms with Gasteiger partial charge in [-0.2, -0.15) is 0 Å². The Morgan fingerprint density at radius 2 is 2.12 bits per heavy atom. The molecule has 0 bridgehead atoms. The Bertz CT molecular complexity index is 172. The van der Waals surface area contributed by atoms with Crippen LogP contribution in [-0.4, -0.2) is 26.2 Å². The smallest absolute Gasteiger partial charge is 0.000264 e. The first-order valence-electron chi connectivity index (χ1n) is 7.05. The van der Waals surface area contributed by atoms with Gasteiger partial charge in [0.25, 0.3) is 0 Å². The van der Waals surface area contributed by atoms with Crippen molar-refractivity contribution < 1.29 is 0 Å². The molecule has 1 atom stereocenters. The molecule has 1 unspecified atom stereocenters. The lowest BCUT2D eigenvalue weighted by atomic mass is 9.86. The highest BCUT2D eigenvalue weighted by molar-refractivity contribution is 4.76. The maximum atomic E-state index is 3.65. The van der Waals surface area contributed by atoms with E-state index in [2.05, 4.69) is 31.4 Å². The molecule has 2 heteroatoms. The van der Waals surface area contributed by atoms with Gasteiger partial charge in [0, 0.05) is 6.54 Å². The van der Waals surface area contributed by atoms with Crippen LogP contribution in [0.4, 0.5) is 0 Å². The maximum Gasteiger partial charge on any atom is 0.000264 e. The zero-order chi connectivity index (χ0) is 11.9. The highest BCUT2D eigenvalue weighted by atomic mass is 14.9. The van der Waals surface area contributed by atoms with E-state index in [9.17, 15) is 0 Å². The van der Waals surface area contributed by atoms with Gasteiger partial charge in [0.1, 0.15) is 0 Å². The first-order valence-corrected chi connectivity index (χ1v) is 7.05. The summed E-state index contributed by atoms with van der Waals surface area (Å²) in [5, 5.41) is 7.08. The molecule has 1 fully saturated rings. The summed E-state index contributed by atoms with van der Waals surface area (Å²) in [5.41, 5.74) is 0.473. The SMILES string of the molecule is CCCCCC(C)(C)CNCC1CCNC1. The van der Waals surface area contributed by atoms with Crippen molar-refractivity contribution in [3.05, 3.63) is 0 Å². The molecule has 1 aliphatic heterocycles. The minimum absolute atomic E-state index is 0.473. The number of hydrogen-bond acceptors (Lipinski definition) is 2. The van der Waals surface area contributed by atoms with Gasteiger partial charge in [-0.15, -0.1) is 0 Å². The third-order valence-corrected chi connectivity index (χ3v) is 3.66. The Morgan fingerprint density at radius 3 is 2.75 bits per heavy atom. The Labute approximate surface area is 102 Å². The van der Waals surface area contributed by atoms with Crippen LogP contribution in [0.1, 0.15) is 52.9 Å². The largest absolute Gasteiger partial charge is 0.316 e. The molecule has 0 aromatic rings. The molecule has 1 saturated heterocycles. The first-order chi connectivity index (χ1) is 7.64. The molecule has 16 heavy (non-hydrogen) atoms. The molecule has 1 aliphatic rings. The van der Waals surface area contributed by atoms with E-state index in [-0.39, 0.29) is 0 Å². The second kappa shape index (κ2) is 7.29. The molecule has 0 amide bonds. The maximum absolute atomic E-state index is 3.65. The van der Waals surface area contributed by atoms with Crippen molar-refractivity contribution in [3.63, 3.8) is 0 Å². The third-order valence-electron chi connectivity index (χ3n) is 3.66. The Morgan fingerprint density at radius 1 is 1.31 bits per heavy atom. The van der Waals surface area contributed by atoms with E-state index >= 15 is 0 Å². The topological polar surface area (TPSA) is 24.1 Å². The molecular weight excluding hydrogens is 196 g/mol. The normalized spacial score (nSPS) is 21.6. The van der Waals surface area contributed by atoms with Gasteiger partial charge >= 0.3 is 0 Å². The molecule has 0 spiro atoms. The average molecular weight is 226 g/mol. The molecule has 0 aromatic heterocycles. The summed E-state index contributed by atoms with van der Waals surface area (Å²) in [4.78, 5) is 0. The molecular formula is C14H30N2. The fourth-order valence-electron chi connectivity index (χ4n) is 2.45. The average Bonchev–Trinajstić information content (AvgIpc) is 2.70. The first kappa shape index (κ1) is 14.0. The van der Waals surface area contributed by atoms with E-state index in [1.165, 1.54) is 58.3 Å². The van der Waals surface area contributed by atoms with Gasteiger partial charge in [-0.3, -0.25) is 0 Å². The van der Waals surface area contributed by atoms with Crippen molar-refractivity contribution in [3.8, 4) is 0 Å². The summed E-state index contributed by atoms with van der Waals surface area (Å²) < 4.78 is 0. The van der Waals surface area contributed by atoms with Crippen molar-refractivity contribution >= 4 is 0 Å². The van der Waals surface area contributed by atoms with Gasteiger partial charge < -0.3 is 10.6 Å². The molecule has 0 radical (unpaired) electrons. The molecule has 2 N–H and O–H groups in total.